The zero-order valence-corrected chi connectivity index (χ0v) is 14.8. The number of benzene rings is 2. The van der Waals surface area contributed by atoms with Crippen LogP contribution in [0, 0.1) is 6.92 Å². The lowest BCUT2D eigenvalue weighted by atomic mass is 10.1. The van der Waals surface area contributed by atoms with Crippen molar-refractivity contribution in [3.63, 3.8) is 0 Å². The van der Waals surface area contributed by atoms with Crippen LogP contribution in [-0.2, 0) is 16.4 Å². The van der Waals surface area contributed by atoms with E-state index in [0.29, 0.717) is 31.0 Å². The van der Waals surface area contributed by atoms with Gasteiger partial charge < -0.3 is 5.73 Å². The minimum atomic E-state index is -3.51. The molecule has 4 nitrogen and oxygen atoms in total. The fraction of sp³-hybridized carbons (Fsp3) is 0.294. The molecule has 0 fully saturated rings. The summed E-state index contributed by atoms with van der Waals surface area (Å²) in [5, 5.41) is 0. The number of hydrogen-bond donors (Lipinski definition) is 1. The molecular formula is C17H23ClN2O2S. The van der Waals surface area contributed by atoms with Gasteiger partial charge in [0.15, 0.2) is 0 Å². The highest BCUT2D eigenvalue weighted by atomic mass is 35.5. The van der Waals surface area contributed by atoms with Crippen LogP contribution in [0.3, 0.4) is 0 Å². The van der Waals surface area contributed by atoms with Gasteiger partial charge in [0, 0.05) is 19.6 Å². The fourth-order valence-corrected chi connectivity index (χ4v) is 4.06. The number of rotatable bonds is 7. The smallest absolute Gasteiger partial charge is 0.243 e. The molecule has 0 aliphatic carbocycles. The molecule has 0 aromatic heterocycles. The standard InChI is InChI=1S/C17H22N2O2S.ClH/c1-15-7-5-6-10-17(15)22(20,21)19(14-12-18)13-11-16-8-3-2-4-9-16;/h2-10H,11-14,18H2,1H3;1H. The maximum Gasteiger partial charge on any atom is 0.243 e. The first-order valence-corrected chi connectivity index (χ1v) is 8.79. The van der Waals surface area contributed by atoms with Crippen molar-refractivity contribution in [3.05, 3.63) is 65.7 Å². The molecule has 0 spiro atoms. The molecular weight excluding hydrogens is 332 g/mol. The van der Waals surface area contributed by atoms with Crippen molar-refractivity contribution in [1.82, 2.24) is 4.31 Å². The van der Waals surface area contributed by atoms with Gasteiger partial charge in [-0.15, -0.1) is 12.4 Å². The molecule has 2 rings (SSSR count). The van der Waals surface area contributed by atoms with Crippen LogP contribution in [0.25, 0.3) is 0 Å². The summed E-state index contributed by atoms with van der Waals surface area (Å²) in [4.78, 5) is 0.358. The van der Waals surface area contributed by atoms with Gasteiger partial charge in [0.05, 0.1) is 4.90 Å². The first-order chi connectivity index (χ1) is 10.6. The Kier molecular flexibility index (Phi) is 7.72. The summed E-state index contributed by atoms with van der Waals surface area (Å²) in [6, 6.07) is 16.9. The van der Waals surface area contributed by atoms with Crippen LogP contribution in [0.1, 0.15) is 11.1 Å². The van der Waals surface area contributed by atoms with Gasteiger partial charge in [-0.3, -0.25) is 0 Å². The van der Waals surface area contributed by atoms with Crippen LogP contribution in [0.5, 0.6) is 0 Å². The molecule has 2 aromatic carbocycles. The van der Waals surface area contributed by atoms with Gasteiger partial charge in [-0.1, -0.05) is 48.5 Å². The second-order valence-corrected chi connectivity index (χ2v) is 7.10. The molecule has 2 aromatic rings. The number of halogens is 1. The van der Waals surface area contributed by atoms with Gasteiger partial charge in [0.1, 0.15) is 0 Å². The molecule has 0 unspecified atom stereocenters. The molecule has 6 heteroatoms. The summed E-state index contributed by atoms with van der Waals surface area (Å²) in [7, 11) is -3.51. The molecule has 0 saturated heterocycles. The average molecular weight is 355 g/mol. The number of aryl methyl sites for hydroxylation is 1. The normalized spacial score (nSPS) is 11.3. The van der Waals surface area contributed by atoms with Crippen LogP contribution >= 0.6 is 12.4 Å². The largest absolute Gasteiger partial charge is 0.329 e. The van der Waals surface area contributed by atoms with E-state index in [2.05, 4.69) is 0 Å². The lowest BCUT2D eigenvalue weighted by Crippen LogP contribution is -2.37. The van der Waals surface area contributed by atoms with Crippen LogP contribution in [0.15, 0.2) is 59.5 Å². The van der Waals surface area contributed by atoms with Crippen LogP contribution in [0.4, 0.5) is 0 Å². The zero-order chi connectivity index (χ0) is 16.0. The van der Waals surface area contributed by atoms with E-state index in [1.165, 1.54) is 4.31 Å². The van der Waals surface area contributed by atoms with E-state index in [1.54, 1.807) is 12.1 Å². The van der Waals surface area contributed by atoms with Gasteiger partial charge in [-0.05, 0) is 30.5 Å². The Morgan fingerprint density at radius 1 is 0.957 bits per heavy atom. The molecule has 0 atom stereocenters. The van der Waals surface area contributed by atoms with E-state index in [1.807, 2.05) is 49.4 Å². The third-order valence-electron chi connectivity index (χ3n) is 3.58. The number of nitrogens with zero attached hydrogens (tertiary/aromatic N) is 1. The van der Waals surface area contributed by atoms with E-state index >= 15 is 0 Å². The average Bonchev–Trinajstić information content (AvgIpc) is 2.52. The highest BCUT2D eigenvalue weighted by molar-refractivity contribution is 7.89. The molecule has 2 N–H and O–H groups in total. The Morgan fingerprint density at radius 2 is 1.57 bits per heavy atom. The first-order valence-electron chi connectivity index (χ1n) is 7.35. The van der Waals surface area contributed by atoms with Gasteiger partial charge in [0.25, 0.3) is 0 Å². The summed E-state index contributed by atoms with van der Waals surface area (Å²) in [6.45, 7) is 2.87. The van der Waals surface area contributed by atoms with Crippen molar-refractivity contribution in [3.8, 4) is 0 Å². The molecule has 0 heterocycles. The van der Waals surface area contributed by atoms with Crippen LogP contribution in [-0.4, -0.2) is 32.4 Å². The zero-order valence-electron chi connectivity index (χ0n) is 13.2. The molecule has 0 saturated carbocycles. The van der Waals surface area contributed by atoms with Gasteiger partial charge in [0.2, 0.25) is 10.0 Å². The van der Waals surface area contributed by atoms with Crippen molar-refractivity contribution in [1.29, 1.82) is 0 Å². The summed E-state index contributed by atoms with van der Waals surface area (Å²) in [5.74, 6) is 0. The summed E-state index contributed by atoms with van der Waals surface area (Å²) in [6.07, 6.45) is 0.673. The van der Waals surface area contributed by atoms with E-state index in [0.717, 1.165) is 11.1 Å². The summed E-state index contributed by atoms with van der Waals surface area (Å²) in [5.41, 5.74) is 7.47. The Balaban J connectivity index is 0.00000264. The van der Waals surface area contributed by atoms with Crippen molar-refractivity contribution in [2.45, 2.75) is 18.2 Å². The second-order valence-electron chi connectivity index (χ2n) is 5.19. The van der Waals surface area contributed by atoms with E-state index in [-0.39, 0.29) is 12.4 Å². The predicted octanol–water partition coefficient (Wildman–Crippen LogP) is 2.61. The van der Waals surface area contributed by atoms with E-state index in [9.17, 15) is 8.42 Å². The van der Waals surface area contributed by atoms with Gasteiger partial charge in [-0.25, -0.2) is 8.42 Å². The van der Waals surface area contributed by atoms with Gasteiger partial charge >= 0.3 is 0 Å². The SMILES string of the molecule is Cc1ccccc1S(=O)(=O)N(CCN)CCc1ccccc1.Cl. The number of hydrogen-bond acceptors (Lipinski definition) is 3. The predicted molar refractivity (Wildman–Crippen MR) is 96.4 cm³/mol. The fourth-order valence-electron chi connectivity index (χ4n) is 2.38. The Bertz CT molecular complexity index is 706. The minimum absolute atomic E-state index is 0. The lowest BCUT2D eigenvalue weighted by molar-refractivity contribution is 0.421. The molecule has 0 aliphatic rings. The summed E-state index contributed by atoms with van der Waals surface area (Å²) < 4.78 is 27.1. The maximum atomic E-state index is 12.8. The number of nitrogens with two attached hydrogens (primary N) is 1. The van der Waals surface area contributed by atoms with E-state index in [4.69, 9.17) is 5.73 Å². The van der Waals surface area contributed by atoms with Crippen molar-refractivity contribution in [2.75, 3.05) is 19.6 Å². The summed E-state index contributed by atoms with van der Waals surface area (Å²) >= 11 is 0. The third-order valence-corrected chi connectivity index (χ3v) is 5.64. The molecule has 126 valence electrons. The molecule has 0 radical (unpaired) electrons. The number of sulfonamides is 1. The quantitative estimate of drug-likeness (QED) is 0.831. The first kappa shape index (κ1) is 19.6. The Morgan fingerprint density at radius 3 is 2.17 bits per heavy atom. The molecule has 0 amide bonds. The topological polar surface area (TPSA) is 63.4 Å². The molecule has 0 aliphatic heterocycles. The van der Waals surface area contributed by atoms with Crippen molar-refractivity contribution < 1.29 is 8.42 Å². The second kappa shape index (κ2) is 9.03. The maximum absolute atomic E-state index is 12.8. The Labute approximate surface area is 144 Å². The van der Waals surface area contributed by atoms with Crippen molar-refractivity contribution in [2.24, 2.45) is 5.73 Å². The highest BCUT2D eigenvalue weighted by Crippen LogP contribution is 2.19. The monoisotopic (exact) mass is 354 g/mol. The molecule has 0 bridgehead atoms. The third kappa shape index (κ3) is 5.04. The highest BCUT2D eigenvalue weighted by Gasteiger charge is 2.24. The van der Waals surface area contributed by atoms with E-state index < -0.39 is 10.0 Å². The van der Waals surface area contributed by atoms with Crippen LogP contribution < -0.4 is 5.73 Å². The van der Waals surface area contributed by atoms with Crippen LogP contribution in [0.2, 0.25) is 0 Å². The Hall–Kier alpha value is -1.40. The molecule has 23 heavy (non-hydrogen) atoms. The lowest BCUT2D eigenvalue weighted by Gasteiger charge is -2.22. The van der Waals surface area contributed by atoms with Gasteiger partial charge in [-0.2, -0.15) is 4.31 Å². The van der Waals surface area contributed by atoms with Crippen molar-refractivity contribution >= 4 is 22.4 Å². The minimum Gasteiger partial charge on any atom is -0.329 e.